The van der Waals surface area contributed by atoms with Gasteiger partial charge in [-0.3, -0.25) is 0 Å². The summed E-state index contributed by atoms with van der Waals surface area (Å²) in [7, 11) is 0. The quantitative estimate of drug-likeness (QED) is 0.166. The molecule has 0 saturated heterocycles. The Kier molecular flexibility index (Phi) is 10.6. The molecule has 1 aliphatic heterocycles. The number of rotatable bonds is 6. The van der Waals surface area contributed by atoms with Gasteiger partial charge in [-0.25, -0.2) is 0 Å². The molecule has 13 aromatic rings. The van der Waals surface area contributed by atoms with Gasteiger partial charge < -0.3 is 23.4 Å². The van der Waals surface area contributed by atoms with Crippen molar-refractivity contribution in [1.82, 2.24) is 9.13 Å². The van der Waals surface area contributed by atoms with Gasteiger partial charge in [0, 0.05) is 72.9 Å². The van der Waals surface area contributed by atoms with Crippen LogP contribution >= 0.6 is 0 Å². The number of furan rings is 1. The van der Waals surface area contributed by atoms with Crippen molar-refractivity contribution in [3.05, 3.63) is 247 Å². The first kappa shape index (κ1) is 43.9. The van der Waals surface area contributed by atoms with Gasteiger partial charge in [0.2, 0.25) is 0 Å². The summed E-state index contributed by atoms with van der Waals surface area (Å²) in [4.78, 5) is 5.09. The molecule has 10 aromatic carbocycles. The third-order valence-corrected chi connectivity index (χ3v) is 15.1. The van der Waals surface area contributed by atoms with E-state index in [0.717, 1.165) is 78.7 Å². The van der Waals surface area contributed by atoms with Crippen molar-refractivity contribution in [3.8, 4) is 22.5 Å². The molecule has 352 valence electrons. The van der Waals surface area contributed by atoms with Crippen LogP contribution in [-0.2, 0) is 6.42 Å². The standard InChI is InChI=1S/C66H48N4O.C2H6/c1-4-44-32-33-49(40-57(44)51-23-8-5-18-42(51)2)68-43(3)67(59-27-12-6-19-45(59)38-46-20-7-13-28-60(46)68)47-21-17-22-48(39-47)69-61-29-14-9-24-52(61)55-35-36-56-53-25-10-15-30-62(53)70(66(56)65(55)69)50-34-37-64-58(41-50)54-26-11-16-31-63(54)71-64;1-2/h4-37,39-41,43H,1,38H2,2-3H3;1-2H3. The largest absolute Gasteiger partial charge is 0.456 e. The number of benzene rings is 10. The molecule has 0 bridgehead atoms. The highest BCUT2D eigenvalue weighted by Gasteiger charge is 2.31. The van der Waals surface area contributed by atoms with E-state index in [2.05, 4.69) is 252 Å². The highest BCUT2D eigenvalue weighted by atomic mass is 16.3. The molecule has 0 spiro atoms. The molecule has 0 fully saturated rings. The molecule has 0 N–H and O–H groups in total. The van der Waals surface area contributed by atoms with Crippen molar-refractivity contribution in [3.63, 3.8) is 0 Å². The van der Waals surface area contributed by atoms with Crippen LogP contribution in [0, 0.1) is 6.92 Å². The van der Waals surface area contributed by atoms with E-state index in [0.29, 0.717) is 0 Å². The summed E-state index contributed by atoms with van der Waals surface area (Å²) in [6.07, 6.45) is 2.61. The average Bonchev–Trinajstić information content (AvgIpc) is 4.10. The predicted molar refractivity (Wildman–Crippen MR) is 310 cm³/mol. The van der Waals surface area contributed by atoms with E-state index in [1.54, 1.807) is 0 Å². The van der Waals surface area contributed by atoms with Gasteiger partial charge in [-0.2, -0.15) is 0 Å². The van der Waals surface area contributed by atoms with Gasteiger partial charge in [-0.05, 0) is 126 Å². The first-order valence-electron chi connectivity index (χ1n) is 25.6. The molecule has 3 aromatic heterocycles. The fourth-order valence-corrected chi connectivity index (χ4v) is 11.9. The Morgan fingerprint density at radius 2 is 0.959 bits per heavy atom. The molecular weight excluding hydrogens is 889 g/mol. The highest BCUT2D eigenvalue weighted by Crippen LogP contribution is 2.46. The smallest absolute Gasteiger partial charge is 0.135 e. The van der Waals surface area contributed by atoms with Gasteiger partial charge in [-0.15, -0.1) is 0 Å². The van der Waals surface area contributed by atoms with Crippen LogP contribution in [0.25, 0.3) is 94.1 Å². The second-order valence-corrected chi connectivity index (χ2v) is 19.0. The number of hydrogen-bond acceptors (Lipinski definition) is 3. The van der Waals surface area contributed by atoms with E-state index in [9.17, 15) is 0 Å². The lowest BCUT2D eigenvalue weighted by molar-refractivity contribution is 0.669. The normalized spacial score (nSPS) is 13.6. The third kappa shape index (κ3) is 6.91. The molecular formula is C68H54N4O. The Morgan fingerprint density at radius 1 is 0.438 bits per heavy atom. The van der Waals surface area contributed by atoms with Crippen molar-refractivity contribution < 1.29 is 4.42 Å². The topological polar surface area (TPSA) is 29.5 Å². The van der Waals surface area contributed by atoms with Crippen LogP contribution in [0.4, 0.5) is 22.7 Å². The fourth-order valence-electron chi connectivity index (χ4n) is 11.9. The Morgan fingerprint density at radius 3 is 1.62 bits per heavy atom. The monoisotopic (exact) mass is 942 g/mol. The number of fused-ring (bicyclic) bond motifs is 12. The Labute approximate surface area is 425 Å². The van der Waals surface area contributed by atoms with Gasteiger partial charge in [0.1, 0.15) is 17.3 Å². The zero-order valence-corrected chi connectivity index (χ0v) is 41.6. The molecule has 4 heterocycles. The molecule has 73 heavy (non-hydrogen) atoms. The minimum atomic E-state index is -0.159. The zero-order chi connectivity index (χ0) is 49.3. The highest BCUT2D eigenvalue weighted by molar-refractivity contribution is 6.24. The minimum Gasteiger partial charge on any atom is -0.456 e. The van der Waals surface area contributed by atoms with Gasteiger partial charge in [0.25, 0.3) is 0 Å². The lowest BCUT2D eigenvalue weighted by atomic mass is 9.94. The van der Waals surface area contributed by atoms with Gasteiger partial charge in [0.15, 0.2) is 0 Å². The molecule has 0 saturated carbocycles. The van der Waals surface area contributed by atoms with Crippen molar-refractivity contribution in [2.24, 2.45) is 0 Å². The van der Waals surface area contributed by atoms with E-state index in [1.807, 2.05) is 26.0 Å². The summed E-state index contributed by atoms with van der Waals surface area (Å²) in [5.74, 6) is 0. The summed E-state index contributed by atoms with van der Waals surface area (Å²) >= 11 is 0. The maximum Gasteiger partial charge on any atom is 0.135 e. The lowest BCUT2D eigenvalue weighted by Crippen LogP contribution is -2.43. The second-order valence-electron chi connectivity index (χ2n) is 19.0. The summed E-state index contributed by atoms with van der Waals surface area (Å²) < 4.78 is 11.3. The molecule has 0 amide bonds. The van der Waals surface area contributed by atoms with Gasteiger partial charge in [-0.1, -0.05) is 166 Å². The van der Waals surface area contributed by atoms with E-state index in [1.165, 1.54) is 60.7 Å². The van der Waals surface area contributed by atoms with E-state index in [4.69, 9.17) is 4.42 Å². The second kappa shape index (κ2) is 17.7. The van der Waals surface area contributed by atoms with Crippen molar-refractivity contribution >= 4 is 94.4 Å². The van der Waals surface area contributed by atoms with Crippen LogP contribution in [0.1, 0.15) is 43.0 Å². The maximum atomic E-state index is 6.35. The summed E-state index contributed by atoms with van der Waals surface area (Å²) in [6, 6.07) is 80.0. The number of anilines is 4. The van der Waals surface area contributed by atoms with Crippen LogP contribution < -0.4 is 9.80 Å². The number of para-hydroxylation sites is 5. The van der Waals surface area contributed by atoms with Crippen LogP contribution in [0.5, 0.6) is 0 Å². The predicted octanol–water partition coefficient (Wildman–Crippen LogP) is 18.7. The molecule has 1 aliphatic rings. The number of aryl methyl sites for hydroxylation is 1. The molecule has 0 radical (unpaired) electrons. The third-order valence-electron chi connectivity index (χ3n) is 15.1. The lowest BCUT2D eigenvalue weighted by Gasteiger charge is -2.43. The van der Waals surface area contributed by atoms with Crippen LogP contribution in [0.15, 0.2) is 229 Å². The van der Waals surface area contributed by atoms with E-state index in [-0.39, 0.29) is 6.17 Å². The van der Waals surface area contributed by atoms with Gasteiger partial charge >= 0.3 is 0 Å². The number of aromatic nitrogens is 2. The molecule has 14 rings (SSSR count). The molecule has 1 atom stereocenters. The van der Waals surface area contributed by atoms with E-state index >= 15 is 0 Å². The van der Waals surface area contributed by atoms with Crippen molar-refractivity contribution in [2.75, 3.05) is 9.80 Å². The molecule has 5 nitrogen and oxygen atoms in total. The first-order valence-corrected chi connectivity index (χ1v) is 25.6. The Bertz CT molecular complexity index is 4300. The van der Waals surface area contributed by atoms with E-state index < -0.39 is 0 Å². The van der Waals surface area contributed by atoms with Crippen LogP contribution in [-0.4, -0.2) is 15.3 Å². The minimum absolute atomic E-state index is 0.159. The number of hydrogen-bond donors (Lipinski definition) is 0. The first-order chi connectivity index (χ1) is 36.0. The maximum absolute atomic E-state index is 6.35. The Hall–Kier alpha value is -9.06. The average molecular weight is 943 g/mol. The Balaban J connectivity index is 0.00000255. The number of nitrogens with zero attached hydrogens (tertiary/aromatic N) is 4. The zero-order valence-electron chi connectivity index (χ0n) is 41.6. The SMILES string of the molecule is C=Cc1ccc(N2c3ccccc3Cc3ccccc3N(c3cccc(-n4c5ccccc5c5ccc6c7ccccc7n(-c7ccc8oc9ccccc9c8c7)c6c54)c3)C2C)cc1-c1ccccc1C.CC. The summed E-state index contributed by atoms with van der Waals surface area (Å²) in [6.45, 7) is 12.8. The van der Waals surface area contributed by atoms with Crippen molar-refractivity contribution in [2.45, 2.75) is 40.3 Å². The van der Waals surface area contributed by atoms with Crippen molar-refractivity contribution in [1.29, 1.82) is 0 Å². The molecule has 1 unspecified atom stereocenters. The van der Waals surface area contributed by atoms with Crippen LogP contribution in [0.3, 0.4) is 0 Å². The summed E-state index contributed by atoms with van der Waals surface area (Å²) in [5.41, 5.74) is 20.5. The summed E-state index contributed by atoms with van der Waals surface area (Å²) in [5, 5.41) is 7.06. The molecule has 5 heteroatoms. The van der Waals surface area contributed by atoms with Gasteiger partial charge in [0.05, 0.1) is 22.1 Å². The fraction of sp³-hybridized carbons (Fsp3) is 0.0882. The van der Waals surface area contributed by atoms with Crippen LogP contribution in [0.2, 0.25) is 0 Å². The molecule has 0 aliphatic carbocycles.